The number of hydrogen-bond acceptors (Lipinski definition) is 3. The van der Waals surface area contributed by atoms with Crippen molar-refractivity contribution in [1.29, 1.82) is 0 Å². The predicted molar refractivity (Wildman–Crippen MR) is 75.7 cm³/mol. The first kappa shape index (κ1) is 10.9. The van der Waals surface area contributed by atoms with Gasteiger partial charge in [-0.05, 0) is 48.6 Å². The molecule has 1 aromatic carbocycles. The number of nitrogens with one attached hydrogen (secondary N) is 1. The van der Waals surface area contributed by atoms with Crippen LogP contribution < -0.4 is 5.32 Å². The van der Waals surface area contributed by atoms with Crippen molar-refractivity contribution < 1.29 is 0 Å². The van der Waals surface area contributed by atoms with Crippen molar-refractivity contribution in [2.24, 2.45) is 0 Å². The molecule has 88 valence electrons. The molecule has 0 aliphatic carbocycles. The Morgan fingerprint density at radius 3 is 2.88 bits per heavy atom. The summed E-state index contributed by atoms with van der Waals surface area (Å²) in [4.78, 5) is 4.39. The second kappa shape index (κ2) is 4.96. The van der Waals surface area contributed by atoms with E-state index in [1.165, 1.54) is 35.4 Å². The molecular formula is C14H16N2S. The fraction of sp³-hybridized carbons (Fsp3) is 0.357. The molecule has 0 atom stereocenters. The molecule has 0 unspecified atom stereocenters. The Balaban J connectivity index is 1.89. The van der Waals surface area contributed by atoms with Crippen LogP contribution in [0.2, 0.25) is 0 Å². The van der Waals surface area contributed by atoms with Gasteiger partial charge in [-0.15, -0.1) is 0 Å². The minimum Gasteiger partial charge on any atom is -0.382 e. The number of pyridine rings is 1. The zero-order valence-electron chi connectivity index (χ0n) is 9.73. The van der Waals surface area contributed by atoms with E-state index in [1.54, 1.807) is 0 Å². The molecular weight excluding hydrogens is 228 g/mol. The minimum absolute atomic E-state index is 0.627. The lowest BCUT2D eigenvalue weighted by Gasteiger charge is -2.24. The molecule has 2 aromatic rings. The maximum atomic E-state index is 4.39. The Labute approximate surface area is 106 Å². The summed E-state index contributed by atoms with van der Waals surface area (Å²) in [5.41, 5.74) is 2.30. The van der Waals surface area contributed by atoms with Crippen LogP contribution in [0, 0.1) is 0 Å². The van der Waals surface area contributed by atoms with E-state index < -0.39 is 0 Å². The highest BCUT2D eigenvalue weighted by Gasteiger charge is 2.14. The SMILES string of the molecule is c1cc(NC2CCSCC2)c2cccnc2c1. The van der Waals surface area contributed by atoms with Crippen LogP contribution in [0.15, 0.2) is 36.5 Å². The van der Waals surface area contributed by atoms with Crippen LogP contribution in [0.1, 0.15) is 12.8 Å². The first-order valence-corrected chi connectivity index (χ1v) is 7.27. The summed E-state index contributed by atoms with van der Waals surface area (Å²) < 4.78 is 0. The summed E-state index contributed by atoms with van der Waals surface area (Å²) in [5.74, 6) is 2.56. The fourth-order valence-electron chi connectivity index (χ4n) is 2.29. The Hall–Kier alpha value is -1.22. The zero-order chi connectivity index (χ0) is 11.5. The van der Waals surface area contributed by atoms with Crippen LogP contribution in [0.3, 0.4) is 0 Å². The maximum Gasteiger partial charge on any atom is 0.0722 e. The summed E-state index contributed by atoms with van der Waals surface area (Å²) in [6.07, 6.45) is 4.38. The normalized spacial score (nSPS) is 17.2. The monoisotopic (exact) mass is 244 g/mol. The van der Waals surface area contributed by atoms with Crippen molar-refractivity contribution >= 4 is 28.4 Å². The Morgan fingerprint density at radius 2 is 2.00 bits per heavy atom. The van der Waals surface area contributed by atoms with Gasteiger partial charge in [0, 0.05) is 23.3 Å². The highest BCUT2D eigenvalue weighted by Crippen LogP contribution is 2.25. The van der Waals surface area contributed by atoms with E-state index in [0.717, 1.165) is 5.52 Å². The van der Waals surface area contributed by atoms with Gasteiger partial charge < -0.3 is 5.32 Å². The highest BCUT2D eigenvalue weighted by atomic mass is 32.2. The Morgan fingerprint density at radius 1 is 1.12 bits per heavy atom. The van der Waals surface area contributed by atoms with Crippen molar-refractivity contribution in [1.82, 2.24) is 4.98 Å². The van der Waals surface area contributed by atoms with Crippen molar-refractivity contribution in [2.45, 2.75) is 18.9 Å². The standard InChI is InChI=1S/C14H16N2S/c1-4-13-12(3-2-8-15-13)14(5-1)16-11-6-9-17-10-7-11/h1-5,8,11,16H,6-7,9-10H2. The smallest absolute Gasteiger partial charge is 0.0722 e. The van der Waals surface area contributed by atoms with Gasteiger partial charge >= 0.3 is 0 Å². The molecule has 3 heteroatoms. The lowest BCUT2D eigenvalue weighted by Crippen LogP contribution is -2.24. The molecule has 0 saturated carbocycles. The Kier molecular flexibility index (Phi) is 3.18. The van der Waals surface area contributed by atoms with E-state index >= 15 is 0 Å². The summed E-state index contributed by atoms with van der Waals surface area (Å²) in [6.45, 7) is 0. The van der Waals surface area contributed by atoms with Gasteiger partial charge in [0.2, 0.25) is 0 Å². The number of fused-ring (bicyclic) bond motifs is 1. The molecule has 3 rings (SSSR count). The molecule has 2 heterocycles. The molecule has 2 nitrogen and oxygen atoms in total. The molecule has 1 aromatic heterocycles. The Bertz CT molecular complexity index is 501. The average Bonchev–Trinajstić information content (AvgIpc) is 2.40. The molecule has 1 aliphatic rings. The molecule has 17 heavy (non-hydrogen) atoms. The van der Waals surface area contributed by atoms with Crippen molar-refractivity contribution in [3.05, 3.63) is 36.5 Å². The van der Waals surface area contributed by atoms with E-state index in [-0.39, 0.29) is 0 Å². The first-order chi connectivity index (χ1) is 8.43. The largest absolute Gasteiger partial charge is 0.382 e. The summed E-state index contributed by atoms with van der Waals surface area (Å²) in [6, 6.07) is 11.1. The molecule has 0 amide bonds. The van der Waals surface area contributed by atoms with Gasteiger partial charge in [-0.3, -0.25) is 4.98 Å². The van der Waals surface area contributed by atoms with E-state index in [0.29, 0.717) is 6.04 Å². The second-order valence-corrected chi connectivity index (χ2v) is 5.63. The van der Waals surface area contributed by atoms with E-state index in [9.17, 15) is 0 Å². The van der Waals surface area contributed by atoms with E-state index in [2.05, 4.69) is 46.3 Å². The topological polar surface area (TPSA) is 24.9 Å². The molecule has 0 spiro atoms. The van der Waals surface area contributed by atoms with Crippen LogP contribution in [0.4, 0.5) is 5.69 Å². The quantitative estimate of drug-likeness (QED) is 0.874. The van der Waals surface area contributed by atoms with Crippen LogP contribution in [-0.4, -0.2) is 22.5 Å². The number of rotatable bonds is 2. The molecule has 1 aliphatic heterocycles. The number of aromatic nitrogens is 1. The number of thioether (sulfide) groups is 1. The van der Waals surface area contributed by atoms with E-state index in [1.807, 2.05) is 12.3 Å². The van der Waals surface area contributed by atoms with Crippen molar-refractivity contribution in [2.75, 3.05) is 16.8 Å². The van der Waals surface area contributed by atoms with E-state index in [4.69, 9.17) is 0 Å². The first-order valence-electron chi connectivity index (χ1n) is 6.11. The van der Waals surface area contributed by atoms with Crippen LogP contribution in [0.25, 0.3) is 10.9 Å². The third-order valence-electron chi connectivity index (χ3n) is 3.23. The second-order valence-electron chi connectivity index (χ2n) is 4.41. The fourth-order valence-corrected chi connectivity index (χ4v) is 3.40. The number of anilines is 1. The third kappa shape index (κ3) is 2.39. The van der Waals surface area contributed by atoms with Gasteiger partial charge in [-0.1, -0.05) is 6.07 Å². The van der Waals surface area contributed by atoms with Crippen molar-refractivity contribution in [3.63, 3.8) is 0 Å². The van der Waals surface area contributed by atoms with Crippen LogP contribution >= 0.6 is 11.8 Å². The average molecular weight is 244 g/mol. The van der Waals surface area contributed by atoms with Gasteiger partial charge in [0.25, 0.3) is 0 Å². The van der Waals surface area contributed by atoms with Gasteiger partial charge in [0.1, 0.15) is 0 Å². The number of hydrogen-bond donors (Lipinski definition) is 1. The van der Waals surface area contributed by atoms with Gasteiger partial charge in [0.05, 0.1) is 5.52 Å². The highest BCUT2D eigenvalue weighted by molar-refractivity contribution is 7.99. The van der Waals surface area contributed by atoms with Gasteiger partial charge in [-0.2, -0.15) is 11.8 Å². The van der Waals surface area contributed by atoms with Crippen LogP contribution in [-0.2, 0) is 0 Å². The maximum absolute atomic E-state index is 4.39. The molecule has 0 radical (unpaired) electrons. The lowest BCUT2D eigenvalue weighted by molar-refractivity contribution is 0.667. The van der Waals surface area contributed by atoms with Gasteiger partial charge in [0.15, 0.2) is 0 Å². The molecule has 1 N–H and O–H groups in total. The molecule has 0 bridgehead atoms. The number of benzene rings is 1. The number of nitrogens with zero attached hydrogens (tertiary/aromatic N) is 1. The summed E-state index contributed by atoms with van der Waals surface area (Å²) in [7, 11) is 0. The third-order valence-corrected chi connectivity index (χ3v) is 4.28. The predicted octanol–water partition coefficient (Wildman–Crippen LogP) is 3.54. The summed E-state index contributed by atoms with van der Waals surface area (Å²) in [5, 5.41) is 4.90. The molecule has 1 saturated heterocycles. The lowest BCUT2D eigenvalue weighted by atomic mass is 10.1. The zero-order valence-corrected chi connectivity index (χ0v) is 10.5. The van der Waals surface area contributed by atoms with Gasteiger partial charge in [-0.25, -0.2) is 0 Å². The van der Waals surface area contributed by atoms with Crippen molar-refractivity contribution in [3.8, 4) is 0 Å². The minimum atomic E-state index is 0.627. The van der Waals surface area contributed by atoms with Crippen LogP contribution in [0.5, 0.6) is 0 Å². The summed E-state index contributed by atoms with van der Waals surface area (Å²) >= 11 is 2.06. The molecule has 1 fully saturated rings.